The van der Waals surface area contributed by atoms with E-state index in [1.165, 1.54) is 0 Å². The molecule has 1 aromatic heterocycles. The van der Waals surface area contributed by atoms with Gasteiger partial charge in [-0.05, 0) is 43.0 Å². The molecule has 29 heavy (non-hydrogen) atoms. The normalized spacial score (nSPS) is 12.2. The Hall–Kier alpha value is -3.11. The molecule has 0 saturated carbocycles. The van der Waals surface area contributed by atoms with Crippen molar-refractivity contribution in [2.75, 3.05) is 6.61 Å². The molecule has 1 unspecified atom stereocenters. The summed E-state index contributed by atoms with van der Waals surface area (Å²) in [5.41, 5.74) is 2.94. The monoisotopic (exact) mass is 386 g/mol. The van der Waals surface area contributed by atoms with Gasteiger partial charge in [-0.2, -0.15) is 0 Å². The van der Waals surface area contributed by atoms with Gasteiger partial charge in [-0.15, -0.1) is 0 Å². The molecule has 0 aliphatic rings. The minimum absolute atomic E-state index is 0.503. The van der Waals surface area contributed by atoms with Gasteiger partial charge in [-0.25, -0.2) is 10.1 Å². The minimum Gasteiger partial charge on any atom is -0.493 e. The highest BCUT2D eigenvalue weighted by Gasteiger charge is 2.13. The van der Waals surface area contributed by atoms with Gasteiger partial charge in [0, 0.05) is 23.8 Å². The summed E-state index contributed by atoms with van der Waals surface area (Å²) in [6, 6.07) is 21.9. The quantitative estimate of drug-likeness (QED) is 0.404. The van der Waals surface area contributed by atoms with E-state index in [4.69, 9.17) is 9.15 Å². The molecule has 0 N–H and O–H groups in total. The summed E-state index contributed by atoms with van der Waals surface area (Å²) < 4.78 is 11.9. The Morgan fingerprint density at radius 3 is 2.45 bits per heavy atom. The summed E-state index contributed by atoms with van der Waals surface area (Å²) in [5.74, 6) is 2.28. The Morgan fingerprint density at radius 1 is 0.966 bits per heavy atom. The standard InChI is InChI=1S/C25H24NO3/c1-17(27)16-20-12-13-24(22-11-7-6-10-21(20)22)28-15-14-23-18(2)29-25(26-23)19-8-4-3-5-9-19/h3-13,17H,14-16H2,1-2H3. The predicted octanol–water partition coefficient (Wildman–Crippen LogP) is 5.79. The van der Waals surface area contributed by atoms with Gasteiger partial charge in [0.2, 0.25) is 5.89 Å². The third-order valence-corrected chi connectivity index (χ3v) is 4.99. The summed E-state index contributed by atoms with van der Waals surface area (Å²) >= 11 is 0. The van der Waals surface area contributed by atoms with Crippen LogP contribution in [-0.2, 0) is 17.9 Å². The largest absolute Gasteiger partial charge is 0.493 e. The summed E-state index contributed by atoms with van der Waals surface area (Å²) in [7, 11) is 0. The second kappa shape index (κ2) is 8.50. The Balaban J connectivity index is 1.49. The molecule has 0 bridgehead atoms. The fraction of sp³-hybridized carbons (Fsp3) is 0.240. The fourth-order valence-corrected chi connectivity index (χ4v) is 3.57. The van der Waals surface area contributed by atoms with Crippen molar-refractivity contribution in [3.05, 3.63) is 83.7 Å². The van der Waals surface area contributed by atoms with Gasteiger partial charge >= 0.3 is 0 Å². The number of oxazole rings is 1. The van der Waals surface area contributed by atoms with Crippen LogP contribution in [0.1, 0.15) is 23.9 Å². The molecule has 147 valence electrons. The lowest BCUT2D eigenvalue weighted by atomic mass is 9.99. The second-order valence-corrected chi connectivity index (χ2v) is 7.27. The molecule has 0 spiro atoms. The molecule has 0 amide bonds. The number of hydrogen-bond acceptors (Lipinski definition) is 3. The van der Waals surface area contributed by atoms with E-state index in [9.17, 15) is 5.11 Å². The van der Waals surface area contributed by atoms with Crippen LogP contribution < -0.4 is 4.74 Å². The molecule has 1 heterocycles. The maximum atomic E-state index is 11.6. The molecular weight excluding hydrogens is 362 g/mol. The van der Waals surface area contributed by atoms with Crippen molar-refractivity contribution in [3.63, 3.8) is 0 Å². The average molecular weight is 386 g/mol. The van der Waals surface area contributed by atoms with Crippen molar-refractivity contribution in [1.29, 1.82) is 0 Å². The molecule has 3 aromatic carbocycles. The zero-order valence-corrected chi connectivity index (χ0v) is 16.7. The Kier molecular flexibility index (Phi) is 5.63. The van der Waals surface area contributed by atoms with E-state index >= 15 is 0 Å². The van der Waals surface area contributed by atoms with Gasteiger partial charge in [-0.3, -0.25) is 0 Å². The van der Waals surface area contributed by atoms with Crippen LogP contribution >= 0.6 is 0 Å². The first-order valence-corrected chi connectivity index (χ1v) is 9.93. The van der Waals surface area contributed by atoms with E-state index in [2.05, 4.69) is 4.98 Å². The zero-order valence-electron chi connectivity index (χ0n) is 16.7. The fourth-order valence-electron chi connectivity index (χ4n) is 3.57. The van der Waals surface area contributed by atoms with Gasteiger partial charge < -0.3 is 9.15 Å². The van der Waals surface area contributed by atoms with E-state index < -0.39 is 6.10 Å². The number of aromatic nitrogens is 1. The van der Waals surface area contributed by atoms with E-state index in [1.807, 2.05) is 73.7 Å². The highest BCUT2D eigenvalue weighted by atomic mass is 16.5. The molecule has 0 aliphatic carbocycles. The summed E-state index contributed by atoms with van der Waals surface area (Å²) in [5, 5.41) is 13.8. The van der Waals surface area contributed by atoms with Crippen LogP contribution in [0.25, 0.3) is 22.2 Å². The van der Waals surface area contributed by atoms with Gasteiger partial charge in [0.1, 0.15) is 11.5 Å². The molecule has 0 saturated heterocycles. The first-order chi connectivity index (χ1) is 14.1. The first-order valence-electron chi connectivity index (χ1n) is 9.93. The van der Waals surface area contributed by atoms with Gasteiger partial charge in [0.15, 0.2) is 0 Å². The summed E-state index contributed by atoms with van der Waals surface area (Å²) in [6.45, 7) is 4.13. The number of fused-ring (bicyclic) bond motifs is 1. The summed E-state index contributed by atoms with van der Waals surface area (Å²) in [4.78, 5) is 4.64. The lowest BCUT2D eigenvalue weighted by Gasteiger charge is -2.13. The van der Waals surface area contributed by atoms with E-state index in [0.717, 1.165) is 39.1 Å². The number of ether oxygens (including phenoxy) is 1. The maximum absolute atomic E-state index is 11.6. The Morgan fingerprint density at radius 2 is 1.69 bits per heavy atom. The molecule has 0 fully saturated rings. The molecule has 4 rings (SSSR count). The van der Waals surface area contributed by atoms with Crippen LogP contribution in [0.3, 0.4) is 0 Å². The van der Waals surface area contributed by atoms with Crippen molar-refractivity contribution in [2.45, 2.75) is 32.8 Å². The topological polar surface area (TPSA) is 55.2 Å². The maximum Gasteiger partial charge on any atom is 0.226 e. The lowest BCUT2D eigenvalue weighted by molar-refractivity contribution is 0.106. The average Bonchev–Trinajstić information content (AvgIpc) is 3.10. The minimum atomic E-state index is -0.626. The van der Waals surface area contributed by atoms with Crippen LogP contribution in [-0.4, -0.2) is 17.7 Å². The highest BCUT2D eigenvalue weighted by molar-refractivity contribution is 5.91. The van der Waals surface area contributed by atoms with Crippen LogP contribution in [0.4, 0.5) is 0 Å². The van der Waals surface area contributed by atoms with E-state index in [0.29, 0.717) is 25.3 Å². The number of nitrogens with zero attached hydrogens (tertiary/aromatic N) is 1. The van der Waals surface area contributed by atoms with Crippen molar-refractivity contribution in [2.24, 2.45) is 0 Å². The van der Waals surface area contributed by atoms with Crippen LogP contribution in [0, 0.1) is 6.92 Å². The van der Waals surface area contributed by atoms with Gasteiger partial charge in [-0.1, -0.05) is 48.5 Å². The second-order valence-electron chi connectivity index (χ2n) is 7.27. The molecule has 1 radical (unpaired) electrons. The predicted molar refractivity (Wildman–Crippen MR) is 114 cm³/mol. The van der Waals surface area contributed by atoms with Crippen molar-refractivity contribution in [1.82, 2.24) is 4.98 Å². The van der Waals surface area contributed by atoms with Crippen molar-refractivity contribution in [3.8, 4) is 17.2 Å². The molecule has 4 aromatic rings. The van der Waals surface area contributed by atoms with E-state index in [1.54, 1.807) is 6.92 Å². The van der Waals surface area contributed by atoms with Gasteiger partial charge in [0.25, 0.3) is 0 Å². The Labute approximate surface area is 170 Å². The number of aryl methyl sites for hydroxylation is 1. The third kappa shape index (κ3) is 4.33. The smallest absolute Gasteiger partial charge is 0.226 e. The summed E-state index contributed by atoms with van der Waals surface area (Å²) in [6.07, 6.45) is 0.552. The van der Waals surface area contributed by atoms with Gasteiger partial charge in [0.05, 0.1) is 18.4 Å². The Bertz CT molecular complexity index is 1100. The lowest BCUT2D eigenvalue weighted by Crippen LogP contribution is -2.05. The van der Waals surface area contributed by atoms with Crippen LogP contribution in [0.2, 0.25) is 0 Å². The number of hydrogen-bond donors (Lipinski definition) is 0. The van der Waals surface area contributed by atoms with Crippen LogP contribution in [0.5, 0.6) is 5.75 Å². The number of benzene rings is 3. The molecule has 4 nitrogen and oxygen atoms in total. The number of rotatable bonds is 7. The van der Waals surface area contributed by atoms with Crippen molar-refractivity contribution >= 4 is 10.8 Å². The molecule has 0 aliphatic heterocycles. The first kappa shape index (κ1) is 19.2. The molecule has 4 heteroatoms. The third-order valence-electron chi connectivity index (χ3n) is 4.99. The SMILES string of the molecule is Cc1oc(-c2ccccc2)nc1CCOc1ccc(CC(C)[O])c2ccccc12. The van der Waals surface area contributed by atoms with Crippen LogP contribution in [0.15, 0.2) is 71.1 Å². The van der Waals surface area contributed by atoms with Crippen molar-refractivity contribution < 1.29 is 14.3 Å². The van der Waals surface area contributed by atoms with E-state index in [-0.39, 0.29) is 0 Å². The molecular formula is C25H24NO3. The molecule has 1 atom stereocenters. The highest BCUT2D eigenvalue weighted by Crippen LogP contribution is 2.30. The zero-order chi connectivity index (χ0) is 20.2.